The molecule has 1 N–H and O–H groups in total. The van der Waals surface area contributed by atoms with Gasteiger partial charge in [0.2, 0.25) is 0 Å². The van der Waals surface area contributed by atoms with Crippen LogP contribution in [0.5, 0.6) is 0 Å². The summed E-state index contributed by atoms with van der Waals surface area (Å²) in [5.41, 5.74) is 3.05. The van der Waals surface area contributed by atoms with Gasteiger partial charge in [-0.3, -0.25) is 0 Å². The molecule has 1 heterocycles. The summed E-state index contributed by atoms with van der Waals surface area (Å²) in [5.74, 6) is -0.404. The Morgan fingerprint density at radius 2 is 1.83 bits per heavy atom. The van der Waals surface area contributed by atoms with Crippen molar-refractivity contribution >= 4 is 16.6 Å². The van der Waals surface area contributed by atoms with E-state index in [1.165, 1.54) is 12.1 Å². The van der Waals surface area contributed by atoms with Gasteiger partial charge in [-0.05, 0) is 68.1 Å². The maximum atomic E-state index is 13.4. The van der Waals surface area contributed by atoms with Crippen LogP contribution in [0.4, 0.5) is 14.5 Å². The highest BCUT2D eigenvalue weighted by atomic mass is 19.1. The highest BCUT2D eigenvalue weighted by molar-refractivity contribution is 5.83. The summed E-state index contributed by atoms with van der Waals surface area (Å²) in [6, 6.07) is 11.6. The summed E-state index contributed by atoms with van der Waals surface area (Å²) in [6.07, 6.45) is 4.89. The van der Waals surface area contributed by atoms with Crippen molar-refractivity contribution in [2.24, 2.45) is 0 Å². The fraction of sp³-hybridized carbons (Fsp3) is 0.300. The number of nitrogens with one attached hydrogen (secondary N) is 1. The SMILES string of the molecule is CCN(CCCCc1c[nH]c2ccc(F)cc12)c1cccc(F)c1. The van der Waals surface area contributed by atoms with Crippen LogP contribution < -0.4 is 4.90 Å². The first-order valence-corrected chi connectivity index (χ1v) is 8.43. The molecule has 0 unspecified atom stereocenters. The van der Waals surface area contributed by atoms with E-state index in [0.717, 1.165) is 54.5 Å². The molecule has 0 saturated heterocycles. The molecule has 0 aliphatic rings. The Morgan fingerprint density at radius 1 is 1.00 bits per heavy atom. The molecule has 0 aliphatic carbocycles. The monoisotopic (exact) mass is 328 g/mol. The van der Waals surface area contributed by atoms with Crippen LogP contribution in [-0.4, -0.2) is 18.1 Å². The van der Waals surface area contributed by atoms with E-state index >= 15 is 0 Å². The van der Waals surface area contributed by atoms with E-state index in [1.807, 2.05) is 12.3 Å². The Hall–Kier alpha value is -2.36. The van der Waals surface area contributed by atoms with Crippen molar-refractivity contribution in [1.29, 1.82) is 0 Å². The molecule has 3 rings (SSSR count). The molecule has 0 atom stereocenters. The van der Waals surface area contributed by atoms with Gasteiger partial charge in [0.25, 0.3) is 0 Å². The van der Waals surface area contributed by atoms with Crippen molar-refractivity contribution in [3.05, 3.63) is 65.9 Å². The average Bonchev–Trinajstić information content (AvgIpc) is 2.97. The molecule has 0 radical (unpaired) electrons. The molecule has 0 aliphatic heterocycles. The Labute approximate surface area is 141 Å². The van der Waals surface area contributed by atoms with Gasteiger partial charge in [-0.2, -0.15) is 0 Å². The topological polar surface area (TPSA) is 19.0 Å². The Balaban J connectivity index is 1.56. The molecule has 2 nitrogen and oxygen atoms in total. The van der Waals surface area contributed by atoms with Crippen molar-refractivity contribution in [1.82, 2.24) is 4.98 Å². The minimum atomic E-state index is -0.202. The zero-order chi connectivity index (χ0) is 16.9. The van der Waals surface area contributed by atoms with Crippen LogP contribution in [-0.2, 0) is 6.42 Å². The van der Waals surface area contributed by atoms with E-state index in [0.29, 0.717) is 0 Å². The van der Waals surface area contributed by atoms with E-state index in [9.17, 15) is 8.78 Å². The van der Waals surface area contributed by atoms with Gasteiger partial charge in [-0.15, -0.1) is 0 Å². The quantitative estimate of drug-likeness (QED) is 0.583. The number of aromatic amines is 1. The van der Waals surface area contributed by atoms with Gasteiger partial charge in [0.05, 0.1) is 0 Å². The fourth-order valence-electron chi connectivity index (χ4n) is 3.12. The largest absolute Gasteiger partial charge is 0.372 e. The van der Waals surface area contributed by atoms with Crippen LogP contribution in [0, 0.1) is 11.6 Å². The fourth-order valence-corrected chi connectivity index (χ4v) is 3.12. The molecule has 0 amide bonds. The molecule has 126 valence electrons. The third-order valence-electron chi connectivity index (χ3n) is 4.41. The zero-order valence-electron chi connectivity index (χ0n) is 13.9. The molecule has 2 aromatic carbocycles. The lowest BCUT2D eigenvalue weighted by Crippen LogP contribution is -2.24. The maximum absolute atomic E-state index is 13.4. The number of hydrogen-bond donors (Lipinski definition) is 1. The van der Waals surface area contributed by atoms with Gasteiger partial charge >= 0.3 is 0 Å². The second-order valence-corrected chi connectivity index (χ2v) is 6.02. The number of fused-ring (bicyclic) bond motifs is 1. The highest BCUT2D eigenvalue weighted by Crippen LogP contribution is 2.21. The lowest BCUT2D eigenvalue weighted by atomic mass is 10.1. The molecule has 0 fully saturated rings. The van der Waals surface area contributed by atoms with Crippen LogP contribution in [0.1, 0.15) is 25.3 Å². The van der Waals surface area contributed by atoms with Gasteiger partial charge in [0.15, 0.2) is 0 Å². The van der Waals surface area contributed by atoms with Gasteiger partial charge < -0.3 is 9.88 Å². The van der Waals surface area contributed by atoms with Gasteiger partial charge in [0.1, 0.15) is 11.6 Å². The average molecular weight is 328 g/mol. The first-order valence-electron chi connectivity index (χ1n) is 8.43. The molecule has 0 saturated carbocycles. The second kappa shape index (κ2) is 7.47. The number of aryl methyl sites for hydroxylation is 1. The Kier molecular flexibility index (Phi) is 5.14. The predicted octanol–water partition coefficient (Wildman–Crippen LogP) is 5.30. The van der Waals surface area contributed by atoms with Crippen LogP contribution in [0.2, 0.25) is 0 Å². The smallest absolute Gasteiger partial charge is 0.125 e. The van der Waals surface area contributed by atoms with E-state index in [2.05, 4.69) is 16.8 Å². The van der Waals surface area contributed by atoms with E-state index in [-0.39, 0.29) is 11.6 Å². The third kappa shape index (κ3) is 3.75. The first-order chi connectivity index (χ1) is 11.7. The third-order valence-corrected chi connectivity index (χ3v) is 4.41. The summed E-state index contributed by atoms with van der Waals surface area (Å²) in [7, 11) is 0. The van der Waals surface area contributed by atoms with Gasteiger partial charge in [0, 0.05) is 35.9 Å². The van der Waals surface area contributed by atoms with Crippen molar-refractivity contribution in [3.8, 4) is 0 Å². The highest BCUT2D eigenvalue weighted by Gasteiger charge is 2.07. The normalized spacial score (nSPS) is 11.1. The Morgan fingerprint density at radius 3 is 2.62 bits per heavy atom. The number of aromatic nitrogens is 1. The second-order valence-electron chi connectivity index (χ2n) is 6.02. The molecule has 1 aromatic heterocycles. The predicted molar refractivity (Wildman–Crippen MR) is 95.5 cm³/mol. The van der Waals surface area contributed by atoms with Crippen molar-refractivity contribution in [2.45, 2.75) is 26.2 Å². The number of unbranched alkanes of at least 4 members (excludes halogenated alkanes) is 1. The van der Waals surface area contributed by atoms with Crippen molar-refractivity contribution in [3.63, 3.8) is 0 Å². The lowest BCUT2D eigenvalue weighted by molar-refractivity contribution is 0.625. The maximum Gasteiger partial charge on any atom is 0.125 e. The molecule has 4 heteroatoms. The van der Waals surface area contributed by atoms with E-state index < -0.39 is 0 Å². The first kappa shape index (κ1) is 16.5. The number of halogens is 2. The molecule has 3 aromatic rings. The van der Waals surface area contributed by atoms with Crippen LogP contribution in [0.3, 0.4) is 0 Å². The minimum absolute atomic E-state index is 0.202. The summed E-state index contributed by atoms with van der Waals surface area (Å²) in [4.78, 5) is 5.37. The number of anilines is 1. The van der Waals surface area contributed by atoms with Gasteiger partial charge in [-0.25, -0.2) is 8.78 Å². The van der Waals surface area contributed by atoms with Crippen LogP contribution in [0.15, 0.2) is 48.7 Å². The molecule has 0 spiro atoms. The molecule has 24 heavy (non-hydrogen) atoms. The minimum Gasteiger partial charge on any atom is -0.372 e. The van der Waals surface area contributed by atoms with Crippen LogP contribution >= 0.6 is 0 Å². The number of nitrogens with zero attached hydrogens (tertiary/aromatic N) is 1. The summed E-state index contributed by atoms with van der Waals surface area (Å²) in [5, 5.41) is 0.965. The molecular formula is C20H22F2N2. The van der Waals surface area contributed by atoms with E-state index in [1.54, 1.807) is 24.3 Å². The van der Waals surface area contributed by atoms with E-state index in [4.69, 9.17) is 0 Å². The number of benzene rings is 2. The number of rotatable bonds is 7. The Bertz CT molecular complexity index is 810. The standard InChI is InChI=1S/C20H22F2N2/c1-2-24(18-8-5-7-16(21)12-18)11-4-3-6-15-14-23-20-10-9-17(22)13-19(15)20/h5,7-10,12-14,23H,2-4,6,11H2,1H3. The zero-order valence-corrected chi connectivity index (χ0v) is 13.9. The van der Waals surface area contributed by atoms with Crippen LogP contribution in [0.25, 0.3) is 10.9 Å². The van der Waals surface area contributed by atoms with Crippen molar-refractivity contribution < 1.29 is 8.78 Å². The summed E-state index contributed by atoms with van der Waals surface area (Å²) < 4.78 is 26.8. The molecular weight excluding hydrogens is 306 g/mol. The van der Waals surface area contributed by atoms with Crippen molar-refractivity contribution in [2.75, 3.05) is 18.0 Å². The number of hydrogen-bond acceptors (Lipinski definition) is 1. The summed E-state index contributed by atoms with van der Waals surface area (Å²) >= 11 is 0. The lowest BCUT2D eigenvalue weighted by Gasteiger charge is -2.23. The molecule has 0 bridgehead atoms. The number of H-pyrrole nitrogens is 1. The van der Waals surface area contributed by atoms with Gasteiger partial charge in [-0.1, -0.05) is 6.07 Å². The summed E-state index contributed by atoms with van der Waals surface area (Å²) in [6.45, 7) is 3.81.